The van der Waals surface area contributed by atoms with Crippen LogP contribution in [0, 0.1) is 0 Å². The van der Waals surface area contributed by atoms with Gasteiger partial charge in [-0.1, -0.05) is 38.2 Å². The van der Waals surface area contributed by atoms with Crippen LogP contribution in [-0.2, 0) is 0 Å². The van der Waals surface area contributed by atoms with E-state index in [4.69, 9.17) is 5.73 Å². The molecular formula is C18H28N2. The van der Waals surface area contributed by atoms with Crippen molar-refractivity contribution in [1.82, 2.24) is 0 Å². The molecule has 20 heavy (non-hydrogen) atoms. The summed E-state index contributed by atoms with van der Waals surface area (Å²) >= 11 is 0. The molecule has 0 saturated heterocycles. The number of rotatable bonds is 7. The molecule has 1 aromatic rings. The highest BCUT2D eigenvalue weighted by Crippen LogP contribution is 2.23. The number of anilines is 2. The fraction of sp³-hybridized carbons (Fsp3) is 0.444. The molecule has 0 heterocycles. The van der Waals surface area contributed by atoms with Crippen LogP contribution >= 0.6 is 0 Å². The molecule has 1 rings (SSSR count). The van der Waals surface area contributed by atoms with Crippen LogP contribution in [0.1, 0.15) is 40.5 Å². The third-order valence-electron chi connectivity index (χ3n) is 3.37. The number of hydrogen-bond donors (Lipinski definition) is 1. The maximum Gasteiger partial charge on any atom is 0.0450 e. The van der Waals surface area contributed by atoms with Gasteiger partial charge in [0.25, 0.3) is 0 Å². The first-order valence-corrected chi connectivity index (χ1v) is 7.57. The lowest BCUT2D eigenvalue weighted by Crippen LogP contribution is -2.38. The quantitative estimate of drug-likeness (QED) is 0.571. The third-order valence-corrected chi connectivity index (χ3v) is 3.37. The molecule has 1 aromatic carbocycles. The Morgan fingerprint density at radius 3 is 1.80 bits per heavy atom. The van der Waals surface area contributed by atoms with E-state index in [1.165, 1.54) is 5.69 Å². The summed E-state index contributed by atoms with van der Waals surface area (Å²) in [5.74, 6) is 0. The van der Waals surface area contributed by atoms with Gasteiger partial charge in [-0.25, -0.2) is 0 Å². The Morgan fingerprint density at radius 1 is 0.950 bits per heavy atom. The number of nitrogens with zero attached hydrogens (tertiary/aromatic N) is 1. The third kappa shape index (κ3) is 4.76. The Morgan fingerprint density at radius 2 is 1.40 bits per heavy atom. The molecule has 0 saturated carbocycles. The number of nitrogens with two attached hydrogens (primary N) is 1. The van der Waals surface area contributed by atoms with Crippen LogP contribution in [0.4, 0.5) is 11.4 Å². The fourth-order valence-electron chi connectivity index (χ4n) is 2.34. The van der Waals surface area contributed by atoms with Gasteiger partial charge in [0.05, 0.1) is 0 Å². The Balaban J connectivity index is 3.02. The van der Waals surface area contributed by atoms with Gasteiger partial charge in [-0.3, -0.25) is 0 Å². The van der Waals surface area contributed by atoms with E-state index in [1.54, 1.807) is 0 Å². The summed E-state index contributed by atoms with van der Waals surface area (Å²) in [5, 5.41) is 0. The van der Waals surface area contributed by atoms with E-state index in [2.05, 4.69) is 69.0 Å². The molecule has 2 unspecified atom stereocenters. The zero-order valence-electron chi connectivity index (χ0n) is 13.2. The zero-order valence-corrected chi connectivity index (χ0v) is 13.2. The van der Waals surface area contributed by atoms with Crippen LogP contribution in [-0.4, -0.2) is 12.1 Å². The van der Waals surface area contributed by atoms with Gasteiger partial charge in [-0.2, -0.15) is 0 Å². The second-order valence-electron chi connectivity index (χ2n) is 5.15. The Labute approximate surface area is 124 Å². The number of nitrogen functional groups attached to an aromatic ring is 1. The van der Waals surface area contributed by atoms with E-state index in [9.17, 15) is 0 Å². The van der Waals surface area contributed by atoms with Crippen LogP contribution in [0.15, 0.2) is 48.6 Å². The SMILES string of the molecule is CCC=CC(C)N(c1ccc(N)cc1)C(C)C=CCC. The van der Waals surface area contributed by atoms with Crippen LogP contribution < -0.4 is 10.6 Å². The summed E-state index contributed by atoms with van der Waals surface area (Å²) in [4.78, 5) is 2.41. The molecule has 2 atom stereocenters. The van der Waals surface area contributed by atoms with E-state index in [1.807, 2.05) is 12.1 Å². The van der Waals surface area contributed by atoms with E-state index in [0.717, 1.165) is 18.5 Å². The molecule has 2 heteroatoms. The summed E-state index contributed by atoms with van der Waals surface area (Å²) in [5.41, 5.74) is 7.81. The minimum atomic E-state index is 0.357. The second-order valence-corrected chi connectivity index (χ2v) is 5.15. The molecule has 0 aliphatic rings. The predicted octanol–water partition coefficient (Wildman–Crippen LogP) is 4.78. The highest BCUT2D eigenvalue weighted by atomic mass is 15.2. The molecule has 0 spiro atoms. The highest BCUT2D eigenvalue weighted by molar-refractivity contribution is 5.55. The Bertz CT molecular complexity index is 411. The Kier molecular flexibility index (Phi) is 6.92. The number of benzene rings is 1. The summed E-state index contributed by atoms with van der Waals surface area (Å²) in [6.45, 7) is 8.80. The van der Waals surface area contributed by atoms with Gasteiger partial charge in [0.15, 0.2) is 0 Å². The topological polar surface area (TPSA) is 29.3 Å². The van der Waals surface area contributed by atoms with Crippen molar-refractivity contribution in [2.75, 3.05) is 10.6 Å². The monoisotopic (exact) mass is 272 g/mol. The van der Waals surface area contributed by atoms with Gasteiger partial charge in [0.1, 0.15) is 0 Å². The number of allylic oxidation sites excluding steroid dienone is 2. The number of hydrogen-bond acceptors (Lipinski definition) is 2. The van der Waals surface area contributed by atoms with Crippen molar-refractivity contribution in [3.05, 3.63) is 48.6 Å². The van der Waals surface area contributed by atoms with Crippen molar-refractivity contribution < 1.29 is 0 Å². The van der Waals surface area contributed by atoms with Gasteiger partial charge in [-0.05, 0) is 51.0 Å². The molecular weight excluding hydrogens is 244 g/mol. The first-order valence-electron chi connectivity index (χ1n) is 7.57. The molecule has 0 radical (unpaired) electrons. The van der Waals surface area contributed by atoms with Crippen LogP contribution in [0.25, 0.3) is 0 Å². The molecule has 0 bridgehead atoms. The summed E-state index contributed by atoms with van der Waals surface area (Å²) in [7, 11) is 0. The van der Waals surface area contributed by atoms with Gasteiger partial charge in [0, 0.05) is 23.5 Å². The van der Waals surface area contributed by atoms with Crippen molar-refractivity contribution in [3.63, 3.8) is 0 Å². The maximum absolute atomic E-state index is 5.79. The van der Waals surface area contributed by atoms with E-state index >= 15 is 0 Å². The largest absolute Gasteiger partial charge is 0.399 e. The zero-order chi connectivity index (χ0) is 15.0. The van der Waals surface area contributed by atoms with Crippen LogP contribution in [0.5, 0.6) is 0 Å². The minimum absolute atomic E-state index is 0.357. The molecule has 2 N–H and O–H groups in total. The minimum Gasteiger partial charge on any atom is -0.399 e. The molecule has 0 amide bonds. The second kappa shape index (κ2) is 8.47. The van der Waals surface area contributed by atoms with Gasteiger partial charge < -0.3 is 10.6 Å². The van der Waals surface area contributed by atoms with E-state index in [0.29, 0.717) is 12.1 Å². The van der Waals surface area contributed by atoms with Gasteiger partial charge >= 0.3 is 0 Å². The van der Waals surface area contributed by atoms with Gasteiger partial charge in [-0.15, -0.1) is 0 Å². The lowest BCUT2D eigenvalue weighted by atomic mass is 10.1. The molecule has 2 nitrogen and oxygen atoms in total. The molecule has 0 fully saturated rings. The summed E-state index contributed by atoms with van der Waals surface area (Å²) in [6.07, 6.45) is 11.1. The lowest BCUT2D eigenvalue weighted by molar-refractivity contribution is 0.679. The Hall–Kier alpha value is -1.70. The van der Waals surface area contributed by atoms with Crippen LogP contribution in [0.2, 0.25) is 0 Å². The van der Waals surface area contributed by atoms with Crippen molar-refractivity contribution in [2.45, 2.75) is 52.6 Å². The first kappa shape index (κ1) is 16.4. The summed E-state index contributed by atoms with van der Waals surface area (Å²) < 4.78 is 0. The normalized spacial score (nSPS) is 14.8. The first-order chi connectivity index (χ1) is 9.60. The predicted molar refractivity (Wildman–Crippen MR) is 91.1 cm³/mol. The van der Waals surface area contributed by atoms with E-state index < -0.39 is 0 Å². The molecule has 110 valence electrons. The fourth-order valence-corrected chi connectivity index (χ4v) is 2.34. The standard InChI is InChI=1S/C18H28N2/c1-5-7-9-15(3)20(16(4)10-8-6-2)18-13-11-17(19)12-14-18/h7-16H,5-6,19H2,1-4H3. The van der Waals surface area contributed by atoms with Crippen LogP contribution in [0.3, 0.4) is 0 Å². The average molecular weight is 272 g/mol. The van der Waals surface area contributed by atoms with Crippen molar-refractivity contribution in [2.24, 2.45) is 0 Å². The van der Waals surface area contributed by atoms with Crippen molar-refractivity contribution in [1.29, 1.82) is 0 Å². The molecule has 0 aliphatic heterocycles. The molecule has 0 aromatic heterocycles. The lowest BCUT2D eigenvalue weighted by Gasteiger charge is -2.34. The molecule has 0 aliphatic carbocycles. The maximum atomic E-state index is 5.79. The van der Waals surface area contributed by atoms with Crippen molar-refractivity contribution in [3.8, 4) is 0 Å². The van der Waals surface area contributed by atoms with E-state index in [-0.39, 0.29) is 0 Å². The van der Waals surface area contributed by atoms with Gasteiger partial charge in [0.2, 0.25) is 0 Å². The average Bonchev–Trinajstić information content (AvgIpc) is 2.45. The smallest absolute Gasteiger partial charge is 0.0450 e. The highest BCUT2D eigenvalue weighted by Gasteiger charge is 2.16. The summed E-state index contributed by atoms with van der Waals surface area (Å²) in [6, 6.07) is 8.85. The van der Waals surface area contributed by atoms with Crippen molar-refractivity contribution >= 4 is 11.4 Å².